The number of likely N-dealkylation sites (tertiary alicyclic amines) is 1. The molecule has 0 radical (unpaired) electrons. The van der Waals surface area contributed by atoms with Crippen LogP contribution in [0, 0.1) is 0 Å². The molecule has 1 heterocycles. The first kappa shape index (κ1) is 13.0. The minimum atomic E-state index is 0. The van der Waals surface area contributed by atoms with Crippen molar-refractivity contribution >= 4 is 17.0 Å². The van der Waals surface area contributed by atoms with E-state index in [1.54, 1.807) is 0 Å². The third-order valence-electron chi connectivity index (χ3n) is 2.14. The van der Waals surface area contributed by atoms with E-state index >= 15 is 0 Å². The first-order valence-corrected chi connectivity index (χ1v) is 3.55. The summed E-state index contributed by atoms with van der Waals surface area (Å²) in [4.78, 5) is 2.46. The SMILES string of the molecule is Br.CCC1CCCN1C.N. The predicted octanol–water partition coefficient (Wildman–Crippen LogP) is 2.23. The molecule has 0 aromatic rings. The maximum Gasteiger partial charge on any atom is 0.00900 e. The van der Waals surface area contributed by atoms with E-state index in [0.29, 0.717) is 0 Å². The van der Waals surface area contributed by atoms with Gasteiger partial charge in [0.2, 0.25) is 0 Å². The lowest BCUT2D eigenvalue weighted by molar-refractivity contribution is 0.304. The molecule has 1 rings (SSSR count). The maximum absolute atomic E-state index is 2.46. The lowest BCUT2D eigenvalue weighted by Gasteiger charge is -2.16. The molecule has 0 bridgehead atoms. The Bertz CT molecular complexity index is 78.0. The van der Waals surface area contributed by atoms with Crippen LogP contribution in [-0.4, -0.2) is 24.5 Å². The molecule has 0 aliphatic carbocycles. The lowest BCUT2D eigenvalue weighted by Crippen LogP contribution is -2.23. The van der Waals surface area contributed by atoms with Gasteiger partial charge in [0.1, 0.15) is 0 Å². The highest BCUT2D eigenvalue weighted by atomic mass is 79.9. The molecule has 0 aromatic heterocycles. The molecule has 1 saturated heterocycles. The molecular formula is C7H19BrN2. The molecule has 3 heteroatoms. The zero-order chi connectivity index (χ0) is 5.98. The minimum absolute atomic E-state index is 0. The molecule has 0 saturated carbocycles. The molecule has 0 amide bonds. The molecular weight excluding hydrogens is 192 g/mol. The van der Waals surface area contributed by atoms with Crippen molar-refractivity contribution in [1.82, 2.24) is 11.1 Å². The molecule has 3 N–H and O–H groups in total. The van der Waals surface area contributed by atoms with Gasteiger partial charge in [0.15, 0.2) is 0 Å². The van der Waals surface area contributed by atoms with E-state index in [9.17, 15) is 0 Å². The minimum Gasteiger partial charge on any atom is -0.344 e. The standard InChI is InChI=1S/C7H15N.BrH.H3N/c1-3-7-5-4-6-8(7)2;;/h7H,3-6H2,1-2H3;1H;1H3. The van der Waals surface area contributed by atoms with Crippen LogP contribution in [-0.2, 0) is 0 Å². The Labute approximate surface area is 74.3 Å². The molecule has 2 nitrogen and oxygen atoms in total. The third-order valence-corrected chi connectivity index (χ3v) is 2.14. The largest absolute Gasteiger partial charge is 0.344 e. The van der Waals surface area contributed by atoms with Gasteiger partial charge in [-0.25, -0.2) is 0 Å². The second-order valence-corrected chi connectivity index (χ2v) is 2.68. The van der Waals surface area contributed by atoms with Crippen molar-refractivity contribution in [2.24, 2.45) is 0 Å². The van der Waals surface area contributed by atoms with Gasteiger partial charge in [0.05, 0.1) is 0 Å². The van der Waals surface area contributed by atoms with E-state index in [4.69, 9.17) is 0 Å². The molecule has 10 heavy (non-hydrogen) atoms. The number of rotatable bonds is 1. The van der Waals surface area contributed by atoms with Crippen LogP contribution >= 0.6 is 17.0 Å². The molecule has 1 aliphatic rings. The van der Waals surface area contributed by atoms with E-state index in [-0.39, 0.29) is 23.1 Å². The topological polar surface area (TPSA) is 38.2 Å². The van der Waals surface area contributed by atoms with E-state index < -0.39 is 0 Å². The van der Waals surface area contributed by atoms with Crippen LogP contribution in [0.2, 0.25) is 0 Å². The molecule has 1 aliphatic heterocycles. The van der Waals surface area contributed by atoms with E-state index in [2.05, 4.69) is 18.9 Å². The van der Waals surface area contributed by atoms with E-state index in [1.165, 1.54) is 25.8 Å². The van der Waals surface area contributed by atoms with Crippen LogP contribution in [0.15, 0.2) is 0 Å². The van der Waals surface area contributed by atoms with Gasteiger partial charge >= 0.3 is 0 Å². The first-order chi connectivity index (χ1) is 3.84. The smallest absolute Gasteiger partial charge is 0.00900 e. The van der Waals surface area contributed by atoms with Crippen molar-refractivity contribution in [3.05, 3.63) is 0 Å². The van der Waals surface area contributed by atoms with Crippen LogP contribution < -0.4 is 6.15 Å². The van der Waals surface area contributed by atoms with E-state index in [0.717, 1.165) is 6.04 Å². The Kier molecular flexibility index (Phi) is 7.99. The van der Waals surface area contributed by atoms with Gasteiger partial charge in [0.25, 0.3) is 0 Å². The first-order valence-electron chi connectivity index (χ1n) is 3.55. The average Bonchev–Trinajstić information content (AvgIpc) is 2.14. The number of halogens is 1. The van der Waals surface area contributed by atoms with Crippen molar-refractivity contribution < 1.29 is 0 Å². The Morgan fingerprint density at radius 2 is 2.10 bits per heavy atom. The molecule has 1 atom stereocenters. The summed E-state index contributed by atoms with van der Waals surface area (Å²) >= 11 is 0. The average molecular weight is 211 g/mol. The molecule has 64 valence electrons. The Hall–Kier alpha value is 0.400. The zero-order valence-corrected chi connectivity index (χ0v) is 8.68. The molecule has 1 fully saturated rings. The van der Waals surface area contributed by atoms with Crippen molar-refractivity contribution in [2.75, 3.05) is 13.6 Å². The zero-order valence-electron chi connectivity index (χ0n) is 6.97. The Morgan fingerprint density at radius 3 is 2.30 bits per heavy atom. The van der Waals surface area contributed by atoms with Crippen molar-refractivity contribution in [1.29, 1.82) is 0 Å². The van der Waals surface area contributed by atoms with Crippen LogP contribution in [0.5, 0.6) is 0 Å². The van der Waals surface area contributed by atoms with E-state index in [1.807, 2.05) is 0 Å². The fourth-order valence-corrected chi connectivity index (χ4v) is 1.50. The van der Waals surface area contributed by atoms with Gasteiger partial charge in [-0.2, -0.15) is 0 Å². The lowest BCUT2D eigenvalue weighted by atomic mass is 10.2. The molecule has 1 unspecified atom stereocenters. The Balaban J connectivity index is 0. The highest BCUT2D eigenvalue weighted by Crippen LogP contribution is 2.16. The van der Waals surface area contributed by atoms with Gasteiger partial charge in [-0.05, 0) is 32.9 Å². The fourth-order valence-electron chi connectivity index (χ4n) is 1.50. The van der Waals surface area contributed by atoms with Crippen LogP contribution in [0.25, 0.3) is 0 Å². The highest BCUT2D eigenvalue weighted by Gasteiger charge is 2.17. The van der Waals surface area contributed by atoms with Crippen molar-refractivity contribution in [3.8, 4) is 0 Å². The summed E-state index contributed by atoms with van der Waals surface area (Å²) in [5.41, 5.74) is 0. The summed E-state index contributed by atoms with van der Waals surface area (Å²) in [7, 11) is 2.22. The number of hydrogen-bond donors (Lipinski definition) is 1. The van der Waals surface area contributed by atoms with Gasteiger partial charge in [-0.3, -0.25) is 0 Å². The van der Waals surface area contributed by atoms with Crippen LogP contribution in [0.4, 0.5) is 0 Å². The predicted molar refractivity (Wildman–Crippen MR) is 51.3 cm³/mol. The van der Waals surface area contributed by atoms with Crippen LogP contribution in [0.1, 0.15) is 26.2 Å². The molecule has 0 spiro atoms. The Morgan fingerprint density at radius 1 is 1.50 bits per heavy atom. The van der Waals surface area contributed by atoms with Crippen LogP contribution in [0.3, 0.4) is 0 Å². The summed E-state index contributed by atoms with van der Waals surface area (Å²) in [6.07, 6.45) is 4.17. The van der Waals surface area contributed by atoms with Crippen molar-refractivity contribution in [2.45, 2.75) is 32.2 Å². The van der Waals surface area contributed by atoms with Crippen molar-refractivity contribution in [3.63, 3.8) is 0 Å². The quantitative estimate of drug-likeness (QED) is 0.722. The maximum atomic E-state index is 2.46. The summed E-state index contributed by atoms with van der Waals surface area (Å²) < 4.78 is 0. The summed E-state index contributed by atoms with van der Waals surface area (Å²) in [6.45, 7) is 3.59. The summed E-state index contributed by atoms with van der Waals surface area (Å²) in [5.74, 6) is 0. The summed E-state index contributed by atoms with van der Waals surface area (Å²) in [5, 5.41) is 0. The van der Waals surface area contributed by atoms with Gasteiger partial charge < -0.3 is 11.1 Å². The van der Waals surface area contributed by atoms with Gasteiger partial charge in [0, 0.05) is 6.04 Å². The number of nitrogens with zero attached hydrogens (tertiary/aromatic N) is 1. The number of hydrogen-bond acceptors (Lipinski definition) is 2. The molecule has 0 aromatic carbocycles. The fraction of sp³-hybridized carbons (Fsp3) is 1.00. The normalized spacial score (nSPS) is 25.2. The second-order valence-electron chi connectivity index (χ2n) is 2.68. The monoisotopic (exact) mass is 210 g/mol. The van der Waals surface area contributed by atoms with Gasteiger partial charge in [-0.15, -0.1) is 17.0 Å². The van der Waals surface area contributed by atoms with Gasteiger partial charge in [-0.1, -0.05) is 6.92 Å². The summed E-state index contributed by atoms with van der Waals surface area (Å²) in [6, 6.07) is 0.898. The second kappa shape index (κ2) is 6.13. The third kappa shape index (κ3) is 2.99. The highest BCUT2D eigenvalue weighted by molar-refractivity contribution is 8.93.